The Bertz CT molecular complexity index is 76.6. The first-order valence-corrected chi connectivity index (χ1v) is 3.59. The predicted molar refractivity (Wildman–Crippen MR) is 37.4 cm³/mol. The largest absolute Gasteiger partial charge is 0.381 e. The van der Waals surface area contributed by atoms with E-state index in [9.17, 15) is 0 Å². The van der Waals surface area contributed by atoms with Gasteiger partial charge in [0.05, 0.1) is 6.61 Å². The molecule has 0 aliphatic carbocycles. The van der Waals surface area contributed by atoms with Crippen LogP contribution in [-0.2, 0) is 4.74 Å². The van der Waals surface area contributed by atoms with Crippen molar-refractivity contribution in [3.8, 4) is 0 Å². The van der Waals surface area contributed by atoms with Crippen LogP contribution in [0.2, 0.25) is 0 Å². The summed E-state index contributed by atoms with van der Waals surface area (Å²) in [5, 5.41) is 0. The van der Waals surface area contributed by atoms with Gasteiger partial charge in [0.25, 0.3) is 0 Å². The molecule has 0 aromatic carbocycles. The molecular weight excluding hydrogens is 120 g/mol. The van der Waals surface area contributed by atoms with Crippen LogP contribution < -0.4 is 0 Å². The summed E-state index contributed by atoms with van der Waals surface area (Å²) in [6, 6.07) is 0. The number of rotatable bonds is 1. The average Bonchev–Trinajstić information content (AvgIpc) is 2.17. The Morgan fingerprint density at radius 1 is 1.75 bits per heavy atom. The first kappa shape index (κ1) is 6.43. The third kappa shape index (κ3) is 1.17. The lowest BCUT2D eigenvalue weighted by Gasteiger charge is -2.16. The van der Waals surface area contributed by atoms with Crippen molar-refractivity contribution in [2.24, 2.45) is 5.41 Å². The van der Waals surface area contributed by atoms with E-state index in [1.54, 1.807) is 0 Å². The minimum absolute atomic E-state index is 0.378. The van der Waals surface area contributed by atoms with E-state index in [0.717, 1.165) is 19.0 Å². The van der Waals surface area contributed by atoms with Crippen LogP contribution >= 0.6 is 12.6 Å². The van der Waals surface area contributed by atoms with Gasteiger partial charge in [0.2, 0.25) is 0 Å². The summed E-state index contributed by atoms with van der Waals surface area (Å²) in [6.45, 7) is 4.04. The lowest BCUT2D eigenvalue weighted by molar-refractivity contribution is 0.168. The molecule has 0 aromatic heterocycles. The quantitative estimate of drug-likeness (QED) is 0.530. The number of hydrogen-bond donors (Lipinski definition) is 1. The maximum atomic E-state index is 5.20. The van der Waals surface area contributed by atoms with Crippen LogP contribution in [0.4, 0.5) is 0 Å². The summed E-state index contributed by atoms with van der Waals surface area (Å²) in [4.78, 5) is 0. The molecular formula is C6H12OS. The van der Waals surface area contributed by atoms with Crippen molar-refractivity contribution in [1.82, 2.24) is 0 Å². The fraction of sp³-hybridized carbons (Fsp3) is 1.00. The SMILES string of the molecule is CC1(CS)CCOC1. The van der Waals surface area contributed by atoms with Crippen molar-refractivity contribution in [3.05, 3.63) is 0 Å². The molecule has 1 nitrogen and oxygen atoms in total. The molecule has 48 valence electrons. The maximum absolute atomic E-state index is 5.20. The first-order valence-electron chi connectivity index (χ1n) is 2.95. The molecule has 8 heavy (non-hydrogen) atoms. The zero-order valence-corrected chi connectivity index (χ0v) is 6.08. The van der Waals surface area contributed by atoms with Crippen molar-refractivity contribution in [3.63, 3.8) is 0 Å². The first-order chi connectivity index (χ1) is 3.77. The van der Waals surface area contributed by atoms with Crippen molar-refractivity contribution < 1.29 is 4.74 Å². The number of ether oxygens (including phenoxy) is 1. The van der Waals surface area contributed by atoms with Gasteiger partial charge in [-0.3, -0.25) is 0 Å². The van der Waals surface area contributed by atoms with Gasteiger partial charge in [0.1, 0.15) is 0 Å². The summed E-state index contributed by atoms with van der Waals surface area (Å²) in [5.74, 6) is 0.951. The summed E-state index contributed by atoms with van der Waals surface area (Å²) >= 11 is 4.22. The van der Waals surface area contributed by atoms with Crippen LogP contribution in [-0.4, -0.2) is 19.0 Å². The molecule has 0 bridgehead atoms. The van der Waals surface area contributed by atoms with Crippen LogP contribution in [0.3, 0.4) is 0 Å². The van der Waals surface area contributed by atoms with Crippen LogP contribution in [0.15, 0.2) is 0 Å². The standard InChI is InChI=1S/C6H12OS/c1-6(5-8)2-3-7-4-6/h8H,2-5H2,1H3. The zero-order valence-electron chi connectivity index (χ0n) is 5.18. The topological polar surface area (TPSA) is 9.23 Å². The second-order valence-corrected chi connectivity index (χ2v) is 3.09. The van der Waals surface area contributed by atoms with E-state index in [0.29, 0.717) is 5.41 Å². The van der Waals surface area contributed by atoms with Gasteiger partial charge in [-0.05, 0) is 12.2 Å². The molecule has 0 N–H and O–H groups in total. The van der Waals surface area contributed by atoms with Crippen molar-refractivity contribution >= 4 is 12.6 Å². The van der Waals surface area contributed by atoms with E-state index in [4.69, 9.17) is 4.74 Å². The van der Waals surface area contributed by atoms with Crippen molar-refractivity contribution in [2.75, 3.05) is 19.0 Å². The van der Waals surface area contributed by atoms with Gasteiger partial charge in [-0.1, -0.05) is 6.92 Å². The highest BCUT2D eigenvalue weighted by Gasteiger charge is 2.27. The third-order valence-corrected chi connectivity index (χ3v) is 2.45. The predicted octanol–water partition coefficient (Wildman–Crippen LogP) is 1.34. The average molecular weight is 132 g/mol. The Kier molecular flexibility index (Phi) is 1.83. The Balaban J connectivity index is 2.40. The van der Waals surface area contributed by atoms with Crippen LogP contribution in [0.1, 0.15) is 13.3 Å². The van der Waals surface area contributed by atoms with Crippen LogP contribution in [0, 0.1) is 5.41 Å². The Hall–Kier alpha value is 0.310. The summed E-state index contributed by atoms with van der Waals surface area (Å²) in [6.07, 6.45) is 1.18. The monoisotopic (exact) mass is 132 g/mol. The lowest BCUT2D eigenvalue weighted by atomic mass is 9.93. The van der Waals surface area contributed by atoms with E-state index in [1.807, 2.05) is 0 Å². The molecule has 2 heteroatoms. The highest BCUT2D eigenvalue weighted by Crippen LogP contribution is 2.28. The zero-order chi connectivity index (χ0) is 6.04. The molecule has 1 aliphatic heterocycles. The van der Waals surface area contributed by atoms with E-state index in [2.05, 4.69) is 19.6 Å². The van der Waals surface area contributed by atoms with Gasteiger partial charge in [-0.25, -0.2) is 0 Å². The highest BCUT2D eigenvalue weighted by atomic mass is 32.1. The van der Waals surface area contributed by atoms with Gasteiger partial charge >= 0.3 is 0 Å². The molecule has 0 spiro atoms. The second-order valence-electron chi connectivity index (χ2n) is 2.77. The Labute approximate surface area is 55.8 Å². The van der Waals surface area contributed by atoms with E-state index in [-0.39, 0.29) is 0 Å². The molecule has 1 atom stereocenters. The molecule has 1 fully saturated rings. The minimum atomic E-state index is 0.378. The summed E-state index contributed by atoms with van der Waals surface area (Å²) in [5.41, 5.74) is 0.378. The molecule has 1 heterocycles. The molecule has 0 saturated carbocycles. The van der Waals surface area contributed by atoms with Gasteiger partial charge in [0.15, 0.2) is 0 Å². The fourth-order valence-corrected chi connectivity index (χ4v) is 1.08. The highest BCUT2D eigenvalue weighted by molar-refractivity contribution is 7.80. The van der Waals surface area contributed by atoms with Gasteiger partial charge in [-0.2, -0.15) is 12.6 Å². The molecule has 1 unspecified atom stereocenters. The second kappa shape index (κ2) is 2.28. The van der Waals surface area contributed by atoms with Crippen molar-refractivity contribution in [2.45, 2.75) is 13.3 Å². The Morgan fingerprint density at radius 2 is 2.50 bits per heavy atom. The van der Waals surface area contributed by atoms with Crippen LogP contribution in [0.5, 0.6) is 0 Å². The van der Waals surface area contributed by atoms with Gasteiger partial charge in [0, 0.05) is 12.0 Å². The van der Waals surface area contributed by atoms with E-state index < -0.39 is 0 Å². The lowest BCUT2D eigenvalue weighted by Crippen LogP contribution is -2.17. The molecule has 0 aromatic rings. The summed E-state index contributed by atoms with van der Waals surface area (Å²) in [7, 11) is 0. The number of thiol groups is 1. The smallest absolute Gasteiger partial charge is 0.0528 e. The Morgan fingerprint density at radius 3 is 2.75 bits per heavy atom. The van der Waals surface area contributed by atoms with Crippen LogP contribution in [0.25, 0.3) is 0 Å². The maximum Gasteiger partial charge on any atom is 0.0528 e. The number of hydrogen-bond acceptors (Lipinski definition) is 2. The molecule has 0 amide bonds. The summed E-state index contributed by atoms with van der Waals surface area (Å²) < 4.78 is 5.20. The van der Waals surface area contributed by atoms with Crippen molar-refractivity contribution in [1.29, 1.82) is 0 Å². The molecule has 1 rings (SSSR count). The van der Waals surface area contributed by atoms with E-state index in [1.165, 1.54) is 6.42 Å². The van der Waals surface area contributed by atoms with E-state index >= 15 is 0 Å². The normalized spacial score (nSPS) is 38.2. The van der Waals surface area contributed by atoms with Gasteiger partial charge < -0.3 is 4.74 Å². The third-order valence-electron chi connectivity index (χ3n) is 1.68. The molecule has 1 aliphatic rings. The molecule has 1 saturated heterocycles. The van der Waals surface area contributed by atoms with Gasteiger partial charge in [-0.15, -0.1) is 0 Å². The fourth-order valence-electron chi connectivity index (χ4n) is 0.834. The molecule has 0 radical (unpaired) electrons. The minimum Gasteiger partial charge on any atom is -0.381 e.